The molecular formula is C25H21F2N3O3S. The summed E-state index contributed by atoms with van der Waals surface area (Å²) in [6.45, 7) is 5.44. The predicted molar refractivity (Wildman–Crippen MR) is 129 cm³/mol. The first-order chi connectivity index (χ1) is 16.3. The van der Waals surface area contributed by atoms with Gasteiger partial charge in [0.2, 0.25) is 0 Å². The summed E-state index contributed by atoms with van der Waals surface area (Å²) in [5.74, 6) is -2.16. The van der Waals surface area contributed by atoms with E-state index in [0.717, 1.165) is 16.7 Å². The summed E-state index contributed by atoms with van der Waals surface area (Å²) in [5, 5.41) is 0.109. The Balaban J connectivity index is 1.81. The normalized spacial score (nSPS) is 16.0. The molecule has 0 aliphatic carbocycles. The van der Waals surface area contributed by atoms with Crippen molar-refractivity contribution in [2.45, 2.75) is 20.8 Å². The molecule has 34 heavy (non-hydrogen) atoms. The van der Waals surface area contributed by atoms with Gasteiger partial charge >= 0.3 is 5.97 Å². The molecule has 0 radical (unpaired) electrons. The van der Waals surface area contributed by atoms with Crippen LogP contribution in [0.25, 0.3) is 6.08 Å². The molecule has 1 aliphatic rings. The second-order valence-corrected chi connectivity index (χ2v) is 8.44. The van der Waals surface area contributed by atoms with Gasteiger partial charge < -0.3 is 9.72 Å². The van der Waals surface area contributed by atoms with Crippen LogP contribution in [0.1, 0.15) is 34.2 Å². The Morgan fingerprint density at radius 3 is 2.47 bits per heavy atom. The maximum absolute atomic E-state index is 14.6. The summed E-state index contributed by atoms with van der Waals surface area (Å²) >= 11 is 0.989. The van der Waals surface area contributed by atoms with Crippen LogP contribution in [-0.4, -0.2) is 28.6 Å². The van der Waals surface area contributed by atoms with Crippen LogP contribution in [0.15, 0.2) is 58.4 Å². The van der Waals surface area contributed by atoms with Gasteiger partial charge in [0.25, 0.3) is 5.91 Å². The lowest BCUT2D eigenvalue weighted by Gasteiger charge is -2.16. The topological polar surface area (TPSA) is 74.8 Å². The number of amides is 1. The summed E-state index contributed by atoms with van der Waals surface area (Å²) < 4.78 is 34.0. The lowest BCUT2D eigenvalue weighted by Crippen LogP contribution is -2.29. The zero-order valence-electron chi connectivity index (χ0n) is 18.7. The van der Waals surface area contributed by atoms with Gasteiger partial charge in [-0.05, 0) is 68.4 Å². The van der Waals surface area contributed by atoms with Gasteiger partial charge in [-0.1, -0.05) is 24.3 Å². The van der Waals surface area contributed by atoms with Crippen molar-refractivity contribution >= 4 is 46.3 Å². The van der Waals surface area contributed by atoms with E-state index >= 15 is 0 Å². The number of carbonyl (C=O) groups excluding carboxylic acids is 2. The first kappa shape index (κ1) is 23.4. The number of aromatic amines is 1. The second-order valence-electron chi connectivity index (χ2n) is 7.43. The van der Waals surface area contributed by atoms with Gasteiger partial charge in [-0.25, -0.2) is 18.6 Å². The van der Waals surface area contributed by atoms with E-state index in [2.05, 4.69) is 9.98 Å². The highest BCUT2D eigenvalue weighted by atomic mass is 32.2. The van der Waals surface area contributed by atoms with Crippen molar-refractivity contribution < 1.29 is 23.1 Å². The average molecular weight is 482 g/mol. The highest BCUT2D eigenvalue weighted by Crippen LogP contribution is 2.39. The molecule has 1 amide bonds. The molecule has 0 spiro atoms. The number of benzene rings is 2. The number of rotatable bonds is 5. The number of aliphatic imine (C=N–C) groups is 1. The largest absolute Gasteiger partial charge is 0.462 e. The molecule has 1 aliphatic heterocycles. The van der Waals surface area contributed by atoms with Crippen molar-refractivity contribution in [1.82, 2.24) is 4.98 Å². The number of carbonyl (C=O) groups is 2. The van der Waals surface area contributed by atoms with Crippen LogP contribution < -0.4 is 4.90 Å². The van der Waals surface area contributed by atoms with Crippen LogP contribution in [0.3, 0.4) is 0 Å². The number of aryl methyl sites for hydroxylation is 1. The summed E-state index contributed by atoms with van der Waals surface area (Å²) in [6, 6.07) is 11.7. The molecule has 6 nitrogen and oxygen atoms in total. The maximum Gasteiger partial charge on any atom is 0.340 e. The molecule has 1 aromatic heterocycles. The maximum atomic E-state index is 14.6. The van der Waals surface area contributed by atoms with Crippen molar-refractivity contribution in [3.05, 3.63) is 87.6 Å². The number of amidine groups is 1. The van der Waals surface area contributed by atoms with E-state index < -0.39 is 23.5 Å². The molecule has 2 aromatic carbocycles. The molecule has 174 valence electrons. The van der Waals surface area contributed by atoms with Crippen LogP contribution in [0.4, 0.5) is 20.2 Å². The molecule has 0 atom stereocenters. The molecule has 4 rings (SSSR count). The highest BCUT2D eigenvalue weighted by molar-refractivity contribution is 8.19. The van der Waals surface area contributed by atoms with Crippen molar-refractivity contribution in [2.75, 3.05) is 11.5 Å². The summed E-state index contributed by atoms with van der Waals surface area (Å²) in [4.78, 5) is 34.5. The molecule has 0 unspecified atom stereocenters. The number of esters is 1. The minimum absolute atomic E-state index is 0.00471. The fourth-order valence-corrected chi connectivity index (χ4v) is 4.57. The number of ether oxygens (including phenoxy) is 1. The first-order valence-corrected chi connectivity index (χ1v) is 11.3. The predicted octanol–water partition coefficient (Wildman–Crippen LogP) is 5.90. The van der Waals surface area contributed by atoms with Gasteiger partial charge in [0, 0.05) is 11.4 Å². The number of para-hydroxylation sites is 2. The zero-order chi connectivity index (χ0) is 24.4. The van der Waals surface area contributed by atoms with Gasteiger partial charge in [-0.2, -0.15) is 0 Å². The highest BCUT2D eigenvalue weighted by Gasteiger charge is 2.36. The number of anilines is 1. The average Bonchev–Trinajstić information content (AvgIpc) is 3.25. The molecule has 2 heterocycles. The van der Waals surface area contributed by atoms with Crippen molar-refractivity contribution in [1.29, 1.82) is 0 Å². The minimum Gasteiger partial charge on any atom is -0.462 e. The smallest absolute Gasteiger partial charge is 0.340 e. The van der Waals surface area contributed by atoms with E-state index in [0.29, 0.717) is 22.5 Å². The minimum atomic E-state index is -0.615. The third-order valence-corrected chi connectivity index (χ3v) is 6.17. The fraction of sp³-hybridized carbons (Fsp3) is 0.160. The van der Waals surface area contributed by atoms with Crippen LogP contribution in [0.5, 0.6) is 0 Å². The number of aromatic nitrogens is 1. The van der Waals surface area contributed by atoms with E-state index in [4.69, 9.17) is 4.74 Å². The SMILES string of the molecule is CCOC(=O)c1c(C)[nH]c(/C=C2\SC(=Nc3ccccc3F)N(c3ccccc3F)C2=O)c1C. The van der Waals surface area contributed by atoms with Crippen molar-refractivity contribution in [3.8, 4) is 0 Å². The summed E-state index contributed by atoms with van der Waals surface area (Å²) in [7, 11) is 0. The van der Waals surface area contributed by atoms with Gasteiger partial charge in [-0.3, -0.25) is 9.69 Å². The Labute approximate surface area is 199 Å². The Morgan fingerprint density at radius 2 is 1.79 bits per heavy atom. The molecule has 1 N–H and O–H groups in total. The van der Waals surface area contributed by atoms with Crippen LogP contribution >= 0.6 is 11.8 Å². The molecular weight excluding hydrogens is 460 g/mol. The number of hydrogen-bond donors (Lipinski definition) is 1. The van der Waals surface area contributed by atoms with Gasteiger partial charge in [0.1, 0.15) is 17.3 Å². The fourth-order valence-electron chi connectivity index (χ4n) is 3.60. The number of hydrogen-bond acceptors (Lipinski definition) is 5. The van der Waals surface area contributed by atoms with E-state index in [-0.39, 0.29) is 28.1 Å². The van der Waals surface area contributed by atoms with Gasteiger partial charge in [0.15, 0.2) is 5.17 Å². The lowest BCUT2D eigenvalue weighted by molar-refractivity contribution is -0.113. The van der Waals surface area contributed by atoms with Crippen LogP contribution in [0, 0.1) is 25.5 Å². The van der Waals surface area contributed by atoms with E-state index in [1.807, 2.05) is 0 Å². The number of H-pyrrole nitrogens is 1. The Morgan fingerprint density at radius 1 is 1.12 bits per heavy atom. The number of thioether (sulfide) groups is 1. The molecule has 3 aromatic rings. The third-order valence-electron chi connectivity index (χ3n) is 5.20. The molecule has 0 bridgehead atoms. The summed E-state index contributed by atoms with van der Waals surface area (Å²) in [6.07, 6.45) is 1.58. The van der Waals surface area contributed by atoms with E-state index in [1.165, 1.54) is 36.4 Å². The molecule has 9 heteroatoms. The molecule has 1 fully saturated rings. The lowest BCUT2D eigenvalue weighted by atomic mass is 10.1. The van der Waals surface area contributed by atoms with Gasteiger partial charge in [0.05, 0.1) is 22.8 Å². The first-order valence-electron chi connectivity index (χ1n) is 10.5. The Kier molecular flexibility index (Phi) is 6.65. The quantitative estimate of drug-likeness (QED) is 0.364. The van der Waals surface area contributed by atoms with E-state index in [9.17, 15) is 18.4 Å². The van der Waals surface area contributed by atoms with Gasteiger partial charge in [-0.15, -0.1) is 0 Å². The number of halogens is 2. The molecule has 1 saturated heterocycles. The monoisotopic (exact) mass is 481 g/mol. The second kappa shape index (κ2) is 9.64. The van der Waals surface area contributed by atoms with Crippen LogP contribution in [0.2, 0.25) is 0 Å². The number of nitrogens with one attached hydrogen (secondary N) is 1. The number of nitrogens with zero attached hydrogens (tertiary/aromatic N) is 2. The van der Waals surface area contributed by atoms with Crippen molar-refractivity contribution in [3.63, 3.8) is 0 Å². The Hall–Kier alpha value is -3.72. The van der Waals surface area contributed by atoms with Crippen molar-refractivity contribution in [2.24, 2.45) is 4.99 Å². The zero-order valence-corrected chi connectivity index (χ0v) is 19.5. The van der Waals surface area contributed by atoms with E-state index in [1.54, 1.807) is 39.0 Å². The summed E-state index contributed by atoms with van der Waals surface area (Å²) in [5.41, 5.74) is 2.19. The molecule has 0 saturated carbocycles. The Bertz CT molecular complexity index is 1350. The third kappa shape index (κ3) is 4.38. The standard InChI is InChI=1S/C25H21F2N3O3S/c1-4-33-24(32)22-14(2)19(28-15(22)3)13-21-23(31)30(20-12-8-6-10-17(20)27)25(34-21)29-18-11-7-5-9-16(18)26/h5-13,28H,4H2,1-3H3/b21-13-,29-25?. The van der Waals surface area contributed by atoms with Crippen LogP contribution in [-0.2, 0) is 9.53 Å².